The van der Waals surface area contributed by atoms with Crippen molar-refractivity contribution in [3.63, 3.8) is 0 Å². The van der Waals surface area contributed by atoms with Crippen molar-refractivity contribution in [3.05, 3.63) is 70.9 Å². The van der Waals surface area contributed by atoms with Crippen LogP contribution in [0.15, 0.2) is 58.7 Å². The Morgan fingerprint density at radius 3 is 1.11 bits per heavy atom. The van der Waals surface area contributed by atoms with Gasteiger partial charge in [-0.15, -0.1) is 27.0 Å². The Balaban J connectivity index is -0.000000384. The Kier molecular flexibility index (Phi) is 14.4. The van der Waals surface area contributed by atoms with Gasteiger partial charge in [0.05, 0.1) is 0 Å². The zero-order valence-corrected chi connectivity index (χ0v) is 21.3. The molecule has 0 aromatic rings. The van der Waals surface area contributed by atoms with Crippen LogP contribution in [0.2, 0.25) is 0 Å². The van der Waals surface area contributed by atoms with Crippen molar-refractivity contribution in [2.24, 2.45) is 10.8 Å². The first kappa shape index (κ1) is 31.4. The summed E-state index contributed by atoms with van der Waals surface area (Å²) in [6.07, 6.45) is 12.9. The molecular weight excluding hydrogens is 407 g/mol. The van der Waals surface area contributed by atoms with E-state index in [9.17, 15) is 0 Å². The monoisotopic (exact) mass is 440 g/mol. The summed E-state index contributed by atoms with van der Waals surface area (Å²) in [4.78, 5) is 0. The summed E-state index contributed by atoms with van der Waals surface area (Å²) in [5.74, 6) is 0. The van der Waals surface area contributed by atoms with Crippen molar-refractivity contribution in [2.75, 3.05) is 0 Å². The first-order chi connectivity index (χ1) is 11.0. The Labute approximate surface area is 195 Å². The van der Waals surface area contributed by atoms with Gasteiger partial charge in [0.25, 0.3) is 0 Å². The maximum Gasteiger partial charge on any atom is 4.00 e. The van der Waals surface area contributed by atoms with E-state index in [2.05, 4.69) is 80.7 Å². The molecular formula is C24H34Cl2Ti. The zero-order chi connectivity index (χ0) is 18.7. The van der Waals surface area contributed by atoms with Crippen molar-refractivity contribution < 1.29 is 46.5 Å². The minimum Gasteiger partial charge on any atom is -1.00 e. The summed E-state index contributed by atoms with van der Waals surface area (Å²) in [5, 5.41) is 0. The minimum absolute atomic E-state index is 0. The van der Waals surface area contributed by atoms with Gasteiger partial charge < -0.3 is 24.8 Å². The molecule has 0 nitrogen and oxygen atoms in total. The van der Waals surface area contributed by atoms with Gasteiger partial charge >= 0.3 is 21.7 Å². The average Bonchev–Trinajstić information content (AvgIpc) is 2.81. The van der Waals surface area contributed by atoms with Gasteiger partial charge in [-0.3, -0.25) is 12.2 Å². The van der Waals surface area contributed by atoms with E-state index in [0.717, 1.165) is 12.8 Å². The van der Waals surface area contributed by atoms with Gasteiger partial charge in [-0.05, 0) is 12.8 Å². The predicted octanol–water partition coefficient (Wildman–Crippen LogP) is 1.34. The summed E-state index contributed by atoms with van der Waals surface area (Å²) in [6, 6.07) is 0. The van der Waals surface area contributed by atoms with E-state index in [1.165, 1.54) is 33.4 Å². The molecule has 0 radical (unpaired) electrons. The molecule has 0 fully saturated rings. The zero-order valence-electron chi connectivity index (χ0n) is 18.2. The Morgan fingerprint density at radius 1 is 0.704 bits per heavy atom. The maximum atomic E-state index is 3.78. The number of halogens is 2. The molecule has 2 aliphatic rings. The van der Waals surface area contributed by atoms with Crippen LogP contribution in [0, 0.1) is 23.0 Å². The molecule has 2 rings (SSSR count). The molecule has 0 heterocycles. The van der Waals surface area contributed by atoms with Crippen LogP contribution in [-0.2, 0) is 21.7 Å². The van der Waals surface area contributed by atoms with Gasteiger partial charge in [-0.2, -0.15) is 22.3 Å². The van der Waals surface area contributed by atoms with Crippen LogP contribution in [-0.4, -0.2) is 0 Å². The van der Waals surface area contributed by atoms with E-state index >= 15 is 0 Å². The number of hydrogen-bond acceptors (Lipinski definition) is 0. The number of allylic oxidation sites excluding steroid dienone is 10. The summed E-state index contributed by atoms with van der Waals surface area (Å²) >= 11 is 0. The van der Waals surface area contributed by atoms with E-state index in [4.69, 9.17) is 0 Å². The van der Waals surface area contributed by atoms with Gasteiger partial charge in [-0.1, -0.05) is 64.5 Å². The van der Waals surface area contributed by atoms with Crippen LogP contribution in [0.3, 0.4) is 0 Å². The van der Waals surface area contributed by atoms with Crippen molar-refractivity contribution in [3.8, 4) is 0 Å². The van der Waals surface area contributed by atoms with Gasteiger partial charge in [0, 0.05) is 0 Å². The fourth-order valence-electron chi connectivity index (χ4n) is 3.58. The molecule has 0 amide bonds. The van der Waals surface area contributed by atoms with E-state index in [1.807, 2.05) is 12.2 Å². The topological polar surface area (TPSA) is 0 Å². The van der Waals surface area contributed by atoms with Gasteiger partial charge in [-0.25, -0.2) is 11.1 Å². The third kappa shape index (κ3) is 6.93. The molecule has 27 heavy (non-hydrogen) atoms. The molecule has 148 valence electrons. The normalized spacial score (nSPS) is 25.9. The summed E-state index contributed by atoms with van der Waals surface area (Å²) < 4.78 is 0. The number of rotatable bonds is 4. The molecule has 0 spiro atoms. The molecule has 0 aromatic carbocycles. The third-order valence-electron chi connectivity index (χ3n) is 5.94. The molecule has 0 saturated carbocycles. The van der Waals surface area contributed by atoms with Crippen molar-refractivity contribution in [1.29, 1.82) is 0 Å². The molecule has 2 aliphatic carbocycles. The van der Waals surface area contributed by atoms with Crippen molar-refractivity contribution in [1.82, 2.24) is 0 Å². The minimum atomic E-state index is 0. The Hall–Kier alpha value is -0.266. The van der Waals surface area contributed by atoms with E-state index < -0.39 is 0 Å². The molecule has 2 atom stereocenters. The fourth-order valence-corrected chi connectivity index (χ4v) is 3.58. The largest absolute Gasteiger partial charge is 4.00 e. The van der Waals surface area contributed by atoms with Crippen LogP contribution in [0.4, 0.5) is 0 Å². The fraction of sp³-hybridized carbons (Fsp3) is 0.500. The van der Waals surface area contributed by atoms with Gasteiger partial charge in [0.15, 0.2) is 0 Å². The molecule has 0 aliphatic heterocycles. The Bertz CT molecular complexity index is 606. The summed E-state index contributed by atoms with van der Waals surface area (Å²) in [5.41, 5.74) is 8.54. The second-order valence-electron chi connectivity index (χ2n) is 7.65. The van der Waals surface area contributed by atoms with Gasteiger partial charge in [0.1, 0.15) is 0 Å². The second kappa shape index (κ2) is 12.3. The van der Waals surface area contributed by atoms with Crippen LogP contribution in [0.1, 0.15) is 68.2 Å². The third-order valence-corrected chi connectivity index (χ3v) is 5.94. The molecule has 0 bridgehead atoms. The second-order valence-corrected chi connectivity index (χ2v) is 7.65. The van der Waals surface area contributed by atoms with Crippen LogP contribution >= 0.6 is 0 Å². The van der Waals surface area contributed by atoms with Crippen molar-refractivity contribution in [2.45, 2.75) is 68.2 Å². The molecule has 0 saturated heterocycles. The van der Waals surface area contributed by atoms with E-state index in [-0.39, 0.29) is 57.4 Å². The molecule has 0 N–H and O–H groups in total. The molecule has 3 heteroatoms. The summed E-state index contributed by atoms with van der Waals surface area (Å²) in [6.45, 7) is 25.0. The van der Waals surface area contributed by atoms with Gasteiger partial charge in [0.2, 0.25) is 0 Å². The smallest absolute Gasteiger partial charge is 1.00 e. The SMILES string of the molecule is C=CCC1(C)[C-]=C(C)C(C)=C1C.C=CCC1(C)[C-]=C(C)C(C)=C1C.[Cl-].[Cl-].[Ti+4]. The quantitative estimate of drug-likeness (QED) is 0.351. The summed E-state index contributed by atoms with van der Waals surface area (Å²) in [7, 11) is 0. The van der Waals surface area contributed by atoms with Crippen LogP contribution in [0.25, 0.3) is 0 Å². The first-order valence-corrected chi connectivity index (χ1v) is 8.84. The van der Waals surface area contributed by atoms with E-state index in [0.29, 0.717) is 0 Å². The standard InChI is InChI=1S/2C12H17.2ClH.Ti/c2*1-6-7-12(5)8-9(2)10(3)11(12)4;;;/h2*6H,1,7H2,2-5H3;2*1H;/q2*-1;;;+4/p-2. The van der Waals surface area contributed by atoms with Crippen LogP contribution < -0.4 is 24.8 Å². The molecule has 0 aromatic heterocycles. The Morgan fingerprint density at radius 2 is 0.963 bits per heavy atom. The first-order valence-electron chi connectivity index (χ1n) is 8.84. The number of hydrogen-bond donors (Lipinski definition) is 0. The predicted molar refractivity (Wildman–Crippen MR) is 107 cm³/mol. The van der Waals surface area contributed by atoms with Crippen LogP contribution in [0.5, 0.6) is 0 Å². The maximum absolute atomic E-state index is 3.78. The van der Waals surface area contributed by atoms with Crippen molar-refractivity contribution >= 4 is 0 Å². The average molecular weight is 441 g/mol. The van der Waals surface area contributed by atoms with E-state index in [1.54, 1.807) is 0 Å². The molecule has 2 unspecified atom stereocenters.